The van der Waals surface area contributed by atoms with Gasteiger partial charge in [0.25, 0.3) is 0 Å². The van der Waals surface area contributed by atoms with Crippen LogP contribution in [0, 0.1) is 17.9 Å². The van der Waals surface area contributed by atoms with Crippen molar-refractivity contribution in [2.24, 2.45) is 0 Å². The van der Waals surface area contributed by atoms with Gasteiger partial charge < -0.3 is 0 Å². The number of rotatable bonds is 10. The van der Waals surface area contributed by atoms with Gasteiger partial charge in [0, 0.05) is 5.56 Å². The van der Waals surface area contributed by atoms with E-state index in [-0.39, 0.29) is 0 Å². The molecule has 0 N–H and O–H groups in total. The van der Waals surface area contributed by atoms with Crippen LogP contribution in [0.2, 0.25) is 0 Å². The van der Waals surface area contributed by atoms with Gasteiger partial charge in [0.1, 0.15) is 0 Å². The molecule has 7 heteroatoms. The molecule has 336 valence electrons. The van der Waals surface area contributed by atoms with Gasteiger partial charge in [0.05, 0.1) is 12.6 Å². The van der Waals surface area contributed by atoms with E-state index in [2.05, 4.69) is 191 Å². The van der Waals surface area contributed by atoms with Crippen LogP contribution in [-0.4, -0.2) is 32.8 Å². The van der Waals surface area contributed by atoms with Crippen molar-refractivity contribution in [1.29, 1.82) is 5.26 Å². The molecule has 0 aliphatic carbocycles. The van der Waals surface area contributed by atoms with Gasteiger partial charge in [-0.25, -0.2) is 4.85 Å². The Balaban J connectivity index is 1.12. The van der Waals surface area contributed by atoms with Crippen molar-refractivity contribution in [3.8, 4) is 68.2 Å². The molecule has 0 saturated heterocycles. The molecule has 0 fully saturated rings. The first kappa shape index (κ1) is 43.8. The summed E-state index contributed by atoms with van der Waals surface area (Å²) < 4.78 is 7.70. The Bertz CT molecular complexity index is 3900. The summed E-state index contributed by atoms with van der Waals surface area (Å²) in [7, 11) is 0. The Labute approximate surface area is 420 Å². The van der Waals surface area contributed by atoms with Crippen LogP contribution in [0.1, 0.15) is 5.56 Å². The molecule has 0 aliphatic heterocycles. The molecular formula is C65H42GeN6. The summed E-state index contributed by atoms with van der Waals surface area (Å²) in [5, 5.41) is 11.7. The van der Waals surface area contributed by atoms with E-state index in [4.69, 9.17) is 21.5 Å². The van der Waals surface area contributed by atoms with Crippen molar-refractivity contribution in [2.45, 2.75) is 0 Å². The van der Waals surface area contributed by atoms with Gasteiger partial charge >= 0.3 is 353 Å². The number of nitriles is 1. The summed E-state index contributed by atoms with van der Waals surface area (Å²) in [4.78, 5) is 19.6. The first-order valence-electron chi connectivity index (χ1n) is 23.8. The van der Waals surface area contributed by atoms with Gasteiger partial charge in [-0.2, -0.15) is 5.26 Å². The molecule has 12 aromatic rings. The number of aromatic nitrogens is 4. The molecule has 12 rings (SSSR count). The van der Waals surface area contributed by atoms with Crippen LogP contribution < -0.4 is 17.6 Å². The topological polar surface area (TPSA) is 71.8 Å². The van der Waals surface area contributed by atoms with Crippen LogP contribution in [0.4, 0.5) is 5.69 Å². The third-order valence-corrected chi connectivity index (χ3v) is 23.7. The normalized spacial score (nSPS) is 11.3. The number of hydrogen-bond donors (Lipinski definition) is 0. The van der Waals surface area contributed by atoms with Crippen molar-refractivity contribution in [3.63, 3.8) is 0 Å². The van der Waals surface area contributed by atoms with Gasteiger partial charge in [0.2, 0.25) is 0 Å². The molecule has 0 bridgehead atoms. The van der Waals surface area contributed by atoms with Gasteiger partial charge in [-0.15, -0.1) is 0 Å². The maximum absolute atomic E-state index is 9.63. The summed E-state index contributed by atoms with van der Waals surface area (Å²) in [5.74, 6) is 1.70. The fraction of sp³-hybridized carbons (Fsp3) is 0. The number of para-hydroxylation sites is 1. The molecule has 0 radical (unpaired) electrons. The van der Waals surface area contributed by atoms with Crippen molar-refractivity contribution < 1.29 is 0 Å². The summed E-state index contributed by atoms with van der Waals surface area (Å²) in [6.07, 6.45) is 0. The third-order valence-electron chi connectivity index (χ3n) is 13.7. The second-order valence-corrected chi connectivity index (χ2v) is 25.7. The minimum absolute atomic E-state index is 0.439. The number of hydrogen-bond acceptors (Lipinski definition) is 4. The molecular weight excluding hydrogens is 937 g/mol. The molecule has 0 atom stereocenters. The molecule has 0 saturated carbocycles. The first-order valence-corrected chi connectivity index (χ1v) is 28.0. The van der Waals surface area contributed by atoms with Crippen LogP contribution in [0.5, 0.6) is 0 Å². The predicted octanol–water partition coefficient (Wildman–Crippen LogP) is 13.1. The quantitative estimate of drug-likeness (QED) is 0.101. The summed E-state index contributed by atoms with van der Waals surface area (Å²) >= 11 is -3.63. The van der Waals surface area contributed by atoms with Crippen LogP contribution in [0.15, 0.2) is 255 Å². The van der Waals surface area contributed by atoms with Gasteiger partial charge in [0.15, 0.2) is 5.69 Å². The van der Waals surface area contributed by atoms with E-state index in [1.54, 1.807) is 12.1 Å². The number of benzene rings is 10. The van der Waals surface area contributed by atoms with Crippen LogP contribution >= 0.6 is 0 Å². The molecule has 0 aliphatic rings. The Morgan fingerprint density at radius 1 is 0.389 bits per heavy atom. The van der Waals surface area contributed by atoms with Crippen molar-refractivity contribution in [1.82, 2.24) is 19.5 Å². The Hall–Kier alpha value is -9.47. The van der Waals surface area contributed by atoms with Crippen molar-refractivity contribution in [2.75, 3.05) is 0 Å². The fourth-order valence-electron chi connectivity index (χ4n) is 10.4. The number of fused-ring (bicyclic) bond motifs is 3. The van der Waals surface area contributed by atoms with E-state index >= 15 is 0 Å². The average Bonchev–Trinajstić information content (AvgIpc) is 3.80. The van der Waals surface area contributed by atoms with E-state index in [0.717, 1.165) is 66.4 Å². The zero-order valence-corrected chi connectivity index (χ0v) is 41.0. The number of nitrogens with zero attached hydrogens (tertiary/aromatic N) is 6. The van der Waals surface area contributed by atoms with Crippen LogP contribution in [-0.2, 0) is 0 Å². The first-order chi connectivity index (χ1) is 35.6. The van der Waals surface area contributed by atoms with E-state index in [1.165, 1.54) is 17.6 Å². The molecule has 2 heterocycles. The van der Waals surface area contributed by atoms with E-state index in [9.17, 15) is 5.26 Å². The van der Waals surface area contributed by atoms with Crippen LogP contribution in [0.25, 0.3) is 88.8 Å². The fourth-order valence-corrected chi connectivity index (χ4v) is 20.4. The standard InChI is InChI=1S/C65H42GeN6/c1-68-59-40-45(44-67)34-37-55(59)50-36-39-61-57(43-50)56-32-17-18-33-60(56)72(61)62-38-35-49(42-58(62)65-70-63(46-20-7-2-8-21-46)69-64(71-65)47-22-9-3-10-23-47)48-24-19-31-54(41-48)66(51-25-11-4-12-26-51,52-27-13-5-14-28-52)53-29-15-6-16-30-53/h2-43H. The van der Waals surface area contributed by atoms with E-state index < -0.39 is 13.3 Å². The molecule has 0 unspecified atom stereocenters. The van der Waals surface area contributed by atoms with E-state index in [1.807, 2.05) is 66.7 Å². The predicted molar refractivity (Wildman–Crippen MR) is 296 cm³/mol. The van der Waals surface area contributed by atoms with Gasteiger partial charge in [-0.05, 0) is 17.7 Å². The maximum atomic E-state index is 9.63. The zero-order chi connectivity index (χ0) is 48.4. The zero-order valence-electron chi connectivity index (χ0n) is 38.9. The molecule has 10 aromatic carbocycles. The second kappa shape index (κ2) is 18.8. The summed E-state index contributed by atoms with van der Waals surface area (Å²) in [6.45, 7) is 8.00. The molecule has 0 amide bonds. The van der Waals surface area contributed by atoms with E-state index in [0.29, 0.717) is 28.7 Å². The SMILES string of the molecule is [C-]#[N+]c1cc(C#N)ccc1-c1ccc2c(c1)c1ccccc1n2-c1ccc(-c2ccc[c]([Ge]([c]3ccccc3)([c]3ccccc3)[c]3ccccc3)c2)cc1-c1nc(-c2ccccc2)nc(-c2ccccc2)n1. The van der Waals surface area contributed by atoms with Crippen molar-refractivity contribution in [3.05, 3.63) is 272 Å². The Morgan fingerprint density at radius 2 is 0.889 bits per heavy atom. The van der Waals surface area contributed by atoms with Gasteiger partial charge in [-0.3, -0.25) is 0 Å². The summed E-state index contributed by atoms with van der Waals surface area (Å²) in [6, 6.07) is 91.7. The third kappa shape index (κ3) is 7.74. The average molecular weight is 980 g/mol. The second-order valence-electron chi connectivity index (χ2n) is 17.7. The monoisotopic (exact) mass is 980 g/mol. The van der Waals surface area contributed by atoms with Gasteiger partial charge in [-0.1, -0.05) is 18.2 Å². The summed E-state index contributed by atoms with van der Waals surface area (Å²) in [5.41, 5.74) is 10.2. The van der Waals surface area contributed by atoms with Crippen molar-refractivity contribution >= 4 is 58.3 Å². The molecule has 6 nitrogen and oxygen atoms in total. The Morgan fingerprint density at radius 3 is 1.49 bits per heavy atom. The molecule has 2 aromatic heterocycles. The Kier molecular flexibility index (Phi) is 11.4. The molecule has 72 heavy (non-hydrogen) atoms. The molecule has 0 spiro atoms. The minimum atomic E-state index is -3.63. The van der Waals surface area contributed by atoms with Crippen LogP contribution in [0.3, 0.4) is 0 Å².